The van der Waals surface area contributed by atoms with E-state index in [4.69, 9.17) is 9.47 Å². The van der Waals surface area contributed by atoms with E-state index in [1.165, 1.54) is 36.1 Å². The second-order valence-corrected chi connectivity index (χ2v) is 11.3. The monoisotopic (exact) mass is 541 g/mol. The maximum Gasteiger partial charge on any atom is 0.253 e. The molecule has 0 unspecified atom stereocenters. The Bertz CT molecular complexity index is 1600. The van der Waals surface area contributed by atoms with Crippen molar-refractivity contribution in [3.63, 3.8) is 0 Å². The van der Waals surface area contributed by atoms with Gasteiger partial charge >= 0.3 is 0 Å². The molecule has 1 saturated heterocycles. The number of tetrazole rings is 1. The summed E-state index contributed by atoms with van der Waals surface area (Å²) in [7, 11) is 0. The molecule has 2 aromatic carbocycles. The molecule has 0 bridgehead atoms. The number of rotatable bonds is 5. The lowest BCUT2D eigenvalue weighted by Gasteiger charge is -2.40. The Labute approximate surface area is 232 Å². The fraction of sp³-hybridized carbons (Fsp3) is 0.467. The second kappa shape index (κ2) is 10.2. The molecule has 0 amide bonds. The first kappa shape index (κ1) is 25.1. The van der Waals surface area contributed by atoms with E-state index in [2.05, 4.69) is 62.4 Å². The summed E-state index contributed by atoms with van der Waals surface area (Å²) in [4.78, 5) is 21.7. The van der Waals surface area contributed by atoms with Gasteiger partial charge in [-0.3, -0.25) is 9.69 Å². The highest BCUT2D eigenvalue weighted by molar-refractivity contribution is 5.83. The van der Waals surface area contributed by atoms with Gasteiger partial charge in [-0.2, -0.15) is 0 Å². The zero-order chi connectivity index (χ0) is 27.2. The van der Waals surface area contributed by atoms with Gasteiger partial charge in [0.1, 0.15) is 6.04 Å². The van der Waals surface area contributed by atoms with E-state index < -0.39 is 0 Å². The van der Waals surface area contributed by atoms with Gasteiger partial charge in [0.2, 0.25) is 6.79 Å². The predicted molar refractivity (Wildman–Crippen MR) is 152 cm³/mol. The van der Waals surface area contributed by atoms with Crippen molar-refractivity contribution in [2.75, 3.05) is 37.9 Å². The van der Waals surface area contributed by atoms with Crippen molar-refractivity contribution in [3.8, 4) is 11.5 Å². The van der Waals surface area contributed by atoms with Crippen molar-refractivity contribution in [2.45, 2.75) is 58.0 Å². The Hall–Kier alpha value is -3.92. The van der Waals surface area contributed by atoms with Crippen LogP contribution >= 0.6 is 0 Å². The molecule has 1 atom stereocenters. The van der Waals surface area contributed by atoms with Gasteiger partial charge in [-0.05, 0) is 66.4 Å². The molecular weight excluding hydrogens is 506 g/mol. The lowest BCUT2D eigenvalue weighted by molar-refractivity contribution is 0.174. The number of nitrogens with zero attached hydrogens (tertiary/aromatic N) is 6. The molecule has 2 aliphatic heterocycles. The molecule has 10 nitrogen and oxygen atoms in total. The molecule has 1 aliphatic carbocycles. The topological polar surface area (TPSA) is 101 Å². The number of ether oxygens (including phenoxy) is 2. The highest BCUT2D eigenvalue weighted by atomic mass is 16.7. The van der Waals surface area contributed by atoms with Crippen molar-refractivity contribution >= 4 is 16.6 Å². The maximum absolute atomic E-state index is 13.7. The number of H-pyrrole nitrogens is 1. The second-order valence-electron chi connectivity index (χ2n) is 11.3. The minimum absolute atomic E-state index is 0.133. The fourth-order valence-corrected chi connectivity index (χ4v) is 6.56. The summed E-state index contributed by atoms with van der Waals surface area (Å²) in [6.45, 7) is 7.78. The summed E-state index contributed by atoms with van der Waals surface area (Å²) >= 11 is 0. The third-order valence-electron chi connectivity index (χ3n) is 8.73. The molecule has 7 rings (SSSR count). The third kappa shape index (κ3) is 4.50. The van der Waals surface area contributed by atoms with E-state index in [0.717, 1.165) is 55.7 Å². The number of anilines is 1. The third-order valence-corrected chi connectivity index (χ3v) is 8.73. The molecule has 4 heterocycles. The zero-order valence-electron chi connectivity index (χ0n) is 23.1. The highest BCUT2D eigenvalue weighted by Crippen LogP contribution is 2.37. The molecule has 0 spiro atoms. The van der Waals surface area contributed by atoms with Crippen LogP contribution in [-0.2, 0) is 0 Å². The lowest BCUT2D eigenvalue weighted by Crippen LogP contribution is -2.49. The molecule has 2 fully saturated rings. The van der Waals surface area contributed by atoms with Gasteiger partial charge in [-0.25, -0.2) is 4.68 Å². The van der Waals surface area contributed by atoms with Crippen LogP contribution in [0.1, 0.15) is 66.7 Å². The van der Waals surface area contributed by atoms with Crippen molar-refractivity contribution in [1.82, 2.24) is 30.1 Å². The number of nitrogens with one attached hydrogen (secondary N) is 1. The maximum atomic E-state index is 13.7. The lowest BCUT2D eigenvalue weighted by atomic mass is 9.95. The summed E-state index contributed by atoms with van der Waals surface area (Å²) in [6, 6.07) is 12.3. The van der Waals surface area contributed by atoms with Crippen LogP contribution in [0.3, 0.4) is 0 Å². The number of piperazine rings is 1. The van der Waals surface area contributed by atoms with E-state index in [1.807, 2.05) is 22.9 Å². The molecule has 4 aromatic rings. The first-order chi connectivity index (χ1) is 19.5. The minimum atomic E-state index is -0.365. The molecule has 3 aliphatic rings. The van der Waals surface area contributed by atoms with Crippen molar-refractivity contribution in [2.24, 2.45) is 0 Å². The van der Waals surface area contributed by atoms with Crippen LogP contribution in [-0.4, -0.2) is 63.1 Å². The van der Waals surface area contributed by atoms with Crippen LogP contribution in [0.5, 0.6) is 11.5 Å². The molecule has 208 valence electrons. The van der Waals surface area contributed by atoms with Gasteiger partial charge in [0.05, 0.1) is 11.6 Å². The molecular formula is C30H35N7O3. The molecule has 1 saturated carbocycles. The van der Waals surface area contributed by atoms with Crippen LogP contribution < -0.4 is 19.9 Å². The SMILES string of the molecule is Cc1ccc(C)c(N2CCN([C@H](c3cc4cc5c(cc4[nH]c3=O)OCO5)c3nnnn3C3CCCCC3)CC2)c1. The van der Waals surface area contributed by atoms with Gasteiger partial charge < -0.3 is 19.4 Å². The van der Waals surface area contributed by atoms with Crippen LogP contribution in [0.2, 0.25) is 0 Å². The summed E-state index contributed by atoms with van der Waals surface area (Å²) in [5, 5.41) is 14.1. The predicted octanol–water partition coefficient (Wildman–Crippen LogP) is 4.28. The summed E-state index contributed by atoms with van der Waals surface area (Å²) in [5.74, 6) is 2.09. The minimum Gasteiger partial charge on any atom is -0.454 e. The van der Waals surface area contributed by atoms with E-state index in [1.54, 1.807) is 0 Å². The number of hydrogen-bond donors (Lipinski definition) is 1. The van der Waals surface area contributed by atoms with E-state index in [-0.39, 0.29) is 24.4 Å². The van der Waals surface area contributed by atoms with Crippen LogP contribution in [0, 0.1) is 13.8 Å². The van der Waals surface area contributed by atoms with E-state index >= 15 is 0 Å². The summed E-state index contributed by atoms with van der Waals surface area (Å²) < 4.78 is 13.2. The Morgan fingerprint density at radius 2 is 1.73 bits per heavy atom. The molecule has 0 radical (unpaired) electrons. The smallest absolute Gasteiger partial charge is 0.253 e. The van der Waals surface area contributed by atoms with Gasteiger partial charge in [0.25, 0.3) is 5.56 Å². The van der Waals surface area contributed by atoms with E-state index in [9.17, 15) is 4.79 Å². The number of aryl methyl sites for hydroxylation is 2. The summed E-state index contributed by atoms with van der Waals surface area (Å²) in [5.41, 5.74) is 5.06. The molecule has 1 N–H and O–H groups in total. The van der Waals surface area contributed by atoms with Crippen molar-refractivity contribution in [1.29, 1.82) is 0 Å². The van der Waals surface area contributed by atoms with Crippen LogP contribution in [0.25, 0.3) is 10.9 Å². The average molecular weight is 542 g/mol. The van der Waals surface area contributed by atoms with Gasteiger partial charge in [-0.15, -0.1) is 5.10 Å². The Morgan fingerprint density at radius 1 is 0.950 bits per heavy atom. The van der Waals surface area contributed by atoms with Gasteiger partial charge in [-0.1, -0.05) is 31.4 Å². The number of benzene rings is 2. The Balaban J connectivity index is 1.28. The van der Waals surface area contributed by atoms with Crippen molar-refractivity contribution < 1.29 is 9.47 Å². The Kier molecular flexibility index (Phi) is 6.42. The molecule has 10 heteroatoms. The standard InChI is InChI=1S/C30H35N7O3/c1-19-8-9-20(2)25(14-19)35-10-12-36(13-11-35)28(29-32-33-34-37(29)22-6-4-3-5-7-22)23-15-21-16-26-27(40-18-39-26)17-24(21)31-30(23)38/h8-9,14-17,22,28H,3-7,10-13,18H2,1-2H3,(H,31,38)/t28-/m1/s1. The fourth-order valence-electron chi connectivity index (χ4n) is 6.56. The normalized spacial score (nSPS) is 18.9. The summed E-state index contributed by atoms with van der Waals surface area (Å²) in [6.07, 6.45) is 5.71. The number of pyridine rings is 1. The first-order valence-corrected chi connectivity index (χ1v) is 14.4. The van der Waals surface area contributed by atoms with Crippen molar-refractivity contribution in [3.05, 3.63) is 69.3 Å². The quantitative estimate of drug-likeness (QED) is 0.400. The largest absolute Gasteiger partial charge is 0.454 e. The van der Waals surface area contributed by atoms with Crippen LogP contribution in [0.15, 0.2) is 41.2 Å². The first-order valence-electron chi connectivity index (χ1n) is 14.4. The number of aromatic nitrogens is 5. The highest BCUT2D eigenvalue weighted by Gasteiger charge is 2.35. The zero-order valence-corrected chi connectivity index (χ0v) is 23.1. The number of aromatic amines is 1. The van der Waals surface area contributed by atoms with Gasteiger partial charge in [0.15, 0.2) is 17.3 Å². The molecule has 40 heavy (non-hydrogen) atoms. The number of fused-ring (bicyclic) bond motifs is 2. The van der Waals surface area contributed by atoms with Gasteiger partial charge in [0, 0.05) is 48.9 Å². The Morgan fingerprint density at radius 3 is 2.52 bits per heavy atom. The molecule has 2 aromatic heterocycles. The average Bonchev–Trinajstić information content (AvgIpc) is 3.64. The van der Waals surface area contributed by atoms with E-state index in [0.29, 0.717) is 17.1 Å². The van der Waals surface area contributed by atoms with Crippen LogP contribution in [0.4, 0.5) is 5.69 Å². The number of hydrogen-bond acceptors (Lipinski definition) is 8.